The van der Waals surface area contributed by atoms with Crippen molar-refractivity contribution in [3.8, 4) is 0 Å². The van der Waals surface area contributed by atoms with Crippen molar-refractivity contribution in [3.05, 3.63) is 47.3 Å². The molecule has 19 heavy (non-hydrogen) atoms. The van der Waals surface area contributed by atoms with Gasteiger partial charge in [-0.2, -0.15) is 0 Å². The summed E-state index contributed by atoms with van der Waals surface area (Å²) in [6, 6.07) is 10.4. The van der Waals surface area contributed by atoms with Crippen molar-refractivity contribution in [2.24, 2.45) is 5.92 Å². The minimum atomic E-state index is -0.0395. The van der Waals surface area contributed by atoms with Crippen molar-refractivity contribution < 1.29 is 5.11 Å². The molecule has 1 aromatic heterocycles. The molecule has 102 valence electrons. The average Bonchev–Trinajstić information content (AvgIpc) is 2.79. The van der Waals surface area contributed by atoms with E-state index in [4.69, 9.17) is 0 Å². The van der Waals surface area contributed by atoms with Crippen LogP contribution in [-0.2, 0) is 26.0 Å². The molecule has 0 fully saturated rings. The van der Waals surface area contributed by atoms with Crippen LogP contribution in [0, 0.1) is 5.92 Å². The van der Waals surface area contributed by atoms with E-state index in [1.807, 2.05) is 22.9 Å². The molecule has 1 aromatic carbocycles. The molecule has 0 aliphatic rings. The van der Waals surface area contributed by atoms with Crippen molar-refractivity contribution in [2.45, 2.75) is 39.8 Å². The van der Waals surface area contributed by atoms with Crippen LogP contribution in [-0.4, -0.2) is 20.1 Å². The molecular formula is C15H21N3O. The summed E-state index contributed by atoms with van der Waals surface area (Å²) in [5.41, 5.74) is 3.06. The third-order valence-electron chi connectivity index (χ3n) is 3.10. The highest BCUT2D eigenvalue weighted by Crippen LogP contribution is 2.12. The summed E-state index contributed by atoms with van der Waals surface area (Å²) in [6.07, 6.45) is 1.80. The Bertz CT molecular complexity index is 505. The van der Waals surface area contributed by atoms with Gasteiger partial charge in [0.2, 0.25) is 0 Å². The van der Waals surface area contributed by atoms with Crippen molar-refractivity contribution in [1.29, 1.82) is 0 Å². The summed E-state index contributed by atoms with van der Waals surface area (Å²) < 4.78 is 1.93. The number of aliphatic hydroxyl groups is 1. The van der Waals surface area contributed by atoms with Gasteiger partial charge in [0, 0.05) is 6.54 Å². The van der Waals surface area contributed by atoms with Crippen LogP contribution in [0.3, 0.4) is 0 Å². The first kappa shape index (κ1) is 13.7. The number of benzene rings is 1. The summed E-state index contributed by atoms with van der Waals surface area (Å²) in [4.78, 5) is 0. The van der Waals surface area contributed by atoms with Gasteiger partial charge in [-0.3, -0.25) is 0 Å². The Morgan fingerprint density at radius 1 is 1.16 bits per heavy atom. The van der Waals surface area contributed by atoms with Gasteiger partial charge < -0.3 is 5.11 Å². The van der Waals surface area contributed by atoms with Crippen LogP contribution in [0.25, 0.3) is 0 Å². The fourth-order valence-electron chi connectivity index (χ4n) is 2.16. The second-order valence-electron chi connectivity index (χ2n) is 5.20. The van der Waals surface area contributed by atoms with Gasteiger partial charge in [-0.15, -0.1) is 5.10 Å². The fraction of sp³-hybridized carbons (Fsp3) is 0.467. The number of hydrogen-bond donors (Lipinski definition) is 1. The van der Waals surface area contributed by atoms with Gasteiger partial charge in [-0.05, 0) is 24.3 Å². The van der Waals surface area contributed by atoms with Crippen LogP contribution in [0.1, 0.15) is 30.8 Å². The normalized spacial score (nSPS) is 11.2. The zero-order chi connectivity index (χ0) is 13.7. The van der Waals surface area contributed by atoms with Crippen LogP contribution >= 0.6 is 0 Å². The average molecular weight is 259 g/mol. The van der Waals surface area contributed by atoms with Gasteiger partial charge in [-0.25, -0.2) is 4.68 Å². The quantitative estimate of drug-likeness (QED) is 0.865. The van der Waals surface area contributed by atoms with Gasteiger partial charge in [-0.1, -0.05) is 49.4 Å². The summed E-state index contributed by atoms with van der Waals surface area (Å²) in [7, 11) is 0. The molecule has 0 saturated heterocycles. The number of nitrogens with zero attached hydrogens (tertiary/aromatic N) is 3. The first-order valence-electron chi connectivity index (χ1n) is 6.76. The van der Waals surface area contributed by atoms with Crippen molar-refractivity contribution in [1.82, 2.24) is 15.0 Å². The molecular weight excluding hydrogens is 238 g/mol. The Hall–Kier alpha value is -1.68. The molecule has 4 nitrogen and oxygen atoms in total. The largest absolute Gasteiger partial charge is 0.390 e. The monoisotopic (exact) mass is 259 g/mol. The molecule has 0 amide bonds. The standard InChI is InChI=1S/C15H21N3O/c1-12(2)10-18-15(14(11-19)16-17-18)9-8-13-6-4-3-5-7-13/h3-7,12,19H,8-11H2,1-2H3. The van der Waals surface area contributed by atoms with E-state index < -0.39 is 0 Å². The predicted molar refractivity (Wildman–Crippen MR) is 74.6 cm³/mol. The van der Waals surface area contributed by atoms with Gasteiger partial charge in [0.25, 0.3) is 0 Å². The summed E-state index contributed by atoms with van der Waals surface area (Å²) in [6.45, 7) is 5.11. The zero-order valence-electron chi connectivity index (χ0n) is 11.6. The topological polar surface area (TPSA) is 50.9 Å². The Balaban J connectivity index is 2.11. The minimum absolute atomic E-state index is 0.0395. The third-order valence-corrected chi connectivity index (χ3v) is 3.10. The van der Waals surface area contributed by atoms with Gasteiger partial charge in [0.15, 0.2) is 0 Å². The van der Waals surface area contributed by atoms with E-state index in [9.17, 15) is 5.11 Å². The zero-order valence-corrected chi connectivity index (χ0v) is 11.6. The molecule has 2 aromatic rings. The molecule has 1 heterocycles. The lowest BCUT2D eigenvalue weighted by Gasteiger charge is -2.09. The number of aliphatic hydroxyl groups excluding tert-OH is 1. The van der Waals surface area contributed by atoms with Crippen molar-refractivity contribution in [3.63, 3.8) is 0 Å². The van der Waals surface area contributed by atoms with Crippen molar-refractivity contribution >= 4 is 0 Å². The molecule has 4 heteroatoms. The number of aryl methyl sites for hydroxylation is 1. The smallest absolute Gasteiger partial charge is 0.111 e. The molecule has 1 N–H and O–H groups in total. The Labute approximate surface area is 114 Å². The van der Waals surface area contributed by atoms with Gasteiger partial charge in [0.1, 0.15) is 5.69 Å². The van der Waals surface area contributed by atoms with E-state index in [0.29, 0.717) is 11.6 Å². The minimum Gasteiger partial charge on any atom is -0.390 e. The molecule has 0 unspecified atom stereocenters. The lowest BCUT2D eigenvalue weighted by Crippen LogP contribution is -2.11. The SMILES string of the molecule is CC(C)Cn1nnc(CO)c1CCc1ccccc1. The Morgan fingerprint density at radius 3 is 2.53 bits per heavy atom. The number of aromatic nitrogens is 3. The maximum absolute atomic E-state index is 9.35. The van der Waals surface area contributed by atoms with Crippen LogP contribution in [0.4, 0.5) is 0 Å². The first-order valence-corrected chi connectivity index (χ1v) is 6.76. The predicted octanol–water partition coefficient (Wildman–Crippen LogP) is 2.21. The highest BCUT2D eigenvalue weighted by Gasteiger charge is 2.12. The summed E-state index contributed by atoms with van der Waals surface area (Å²) in [5, 5.41) is 17.6. The van der Waals surface area contributed by atoms with Crippen molar-refractivity contribution in [2.75, 3.05) is 0 Å². The Kier molecular flexibility index (Phi) is 4.68. The molecule has 0 saturated carbocycles. The highest BCUT2D eigenvalue weighted by molar-refractivity contribution is 5.18. The second-order valence-corrected chi connectivity index (χ2v) is 5.20. The van der Waals surface area contributed by atoms with Crippen LogP contribution in [0.5, 0.6) is 0 Å². The summed E-state index contributed by atoms with van der Waals surface area (Å²) >= 11 is 0. The van der Waals surface area contributed by atoms with Crippen LogP contribution in [0.15, 0.2) is 30.3 Å². The van der Waals surface area contributed by atoms with Crippen LogP contribution < -0.4 is 0 Å². The van der Waals surface area contributed by atoms with E-state index in [-0.39, 0.29) is 6.61 Å². The van der Waals surface area contributed by atoms with E-state index in [1.54, 1.807) is 0 Å². The van der Waals surface area contributed by atoms with E-state index in [1.165, 1.54) is 5.56 Å². The second kappa shape index (κ2) is 6.48. The lowest BCUT2D eigenvalue weighted by molar-refractivity contribution is 0.275. The van der Waals surface area contributed by atoms with E-state index in [0.717, 1.165) is 25.1 Å². The van der Waals surface area contributed by atoms with E-state index in [2.05, 4.69) is 36.3 Å². The lowest BCUT2D eigenvalue weighted by atomic mass is 10.1. The van der Waals surface area contributed by atoms with Gasteiger partial charge in [0.05, 0.1) is 12.3 Å². The number of hydrogen-bond acceptors (Lipinski definition) is 3. The molecule has 2 rings (SSSR count). The molecule has 0 aliphatic heterocycles. The van der Waals surface area contributed by atoms with Crippen LogP contribution in [0.2, 0.25) is 0 Å². The summed E-state index contributed by atoms with van der Waals surface area (Å²) in [5.74, 6) is 0.517. The maximum atomic E-state index is 9.35. The molecule has 0 spiro atoms. The highest BCUT2D eigenvalue weighted by atomic mass is 16.3. The van der Waals surface area contributed by atoms with E-state index >= 15 is 0 Å². The number of rotatable bonds is 6. The van der Waals surface area contributed by atoms with Gasteiger partial charge >= 0.3 is 0 Å². The Morgan fingerprint density at radius 2 is 1.89 bits per heavy atom. The molecule has 0 aliphatic carbocycles. The molecule has 0 atom stereocenters. The molecule has 0 radical (unpaired) electrons. The fourth-order valence-corrected chi connectivity index (χ4v) is 2.16. The first-order chi connectivity index (χ1) is 9.20. The maximum Gasteiger partial charge on any atom is 0.111 e. The third kappa shape index (κ3) is 3.64. The molecule has 0 bridgehead atoms.